The maximum atomic E-state index is 11.2. The Labute approximate surface area is 122 Å². The molecule has 0 saturated heterocycles. The zero-order valence-electron chi connectivity index (χ0n) is 11.6. The largest absolute Gasteiger partial charge is 0.478 e. The first-order valence-electron chi connectivity index (χ1n) is 6.49. The van der Waals surface area contributed by atoms with Gasteiger partial charge >= 0.3 is 5.97 Å². The molecule has 2 aromatic rings. The van der Waals surface area contributed by atoms with Crippen molar-refractivity contribution in [3.8, 4) is 0 Å². The Balaban J connectivity index is 2.11. The summed E-state index contributed by atoms with van der Waals surface area (Å²) in [5.74, 6) is -1.09. The Kier molecular flexibility index (Phi) is 4.56. The molecule has 0 saturated carbocycles. The van der Waals surface area contributed by atoms with Crippen molar-refractivity contribution in [1.29, 1.82) is 0 Å². The molecule has 3 N–H and O–H groups in total. The van der Waals surface area contributed by atoms with E-state index in [0.717, 1.165) is 11.3 Å². The van der Waals surface area contributed by atoms with Crippen molar-refractivity contribution < 1.29 is 14.7 Å². The van der Waals surface area contributed by atoms with Crippen LogP contribution < -0.4 is 10.6 Å². The normalized spacial score (nSPS) is 9.95. The van der Waals surface area contributed by atoms with E-state index in [1.807, 2.05) is 24.3 Å². The average molecular weight is 284 g/mol. The Morgan fingerprint density at radius 1 is 1.10 bits per heavy atom. The van der Waals surface area contributed by atoms with E-state index >= 15 is 0 Å². The van der Waals surface area contributed by atoms with Gasteiger partial charge in [-0.3, -0.25) is 4.79 Å². The number of carboxylic acid groups (broad SMARTS) is 1. The fourth-order valence-corrected chi connectivity index (χ4v) is 1.95. The van der Waals surface area contributed by atoms with Gasteiger partial charge in [0.1, 0.15) is 0 Å². The molecule has 21 heavy (non-hydrogen) atoms. The standard InChI is InChI=1S/C16H16N2O3/c1-11(19)18-15-8-3-2-5-13(15)10-17-14-7-4-6-12(9-14)16(20)21/h2-9,17H,10H2,1H3,(H,18,19)(H,20,21). The predicted octanol–water partition coefficient (Wildman–Crippen LogP) is 2.96. The number of carbonyl (C=O) groups is 2. The molecule has 108 valence electrons. The Morgan fingerprint density at radius 2 is 1.86 bits per heavy atom. The van der Waals surface area contributed by atoms with E-state index in [1.54, 1.807) is 24.3 Å². The van der Waals surface area contributed by atoms with E-state index < -0.39 is 5.97 Å². The maximum absolute atomic E-state index is 11.2. The highest BCUT2D eigenvalue weighted by molar-refractivity contribution is 5.90. The Bertz CT molecular complexity index is 668. The van der Waals surface area contributed by atoms with Crippen LogP contribution in [-0.4, -0.2) is 17.0 Å². The van der Waals surface area contributed by atoms with Crippen LogP contribution in [0.1, 0.15) is 22.8 Å². The van der Waals surface area contributed by atoms with Crippen LogP contribution in [0, 0.1) is 0 Å². The first-order chi connectivity index (χ1) is 10.1. The van der Waals surface area contributed by atoms with Gasteiger partial charge < -0.3 is 15.7 Å². The van der Waals surface area contributed by atoms with Gasteiger partial charge in [-0.05, 0) is 29.8 Å². The summed E-state index contributed by atoms with van der Waals surface area (Å²) in [6, 6.07) is 14.1. The maximum Gasteiger partial charge on any atom is 0.335 e. The van der Waals surface area contributed by atoms with E-state index in [4.69, 9.17) is 5.11 Å². The molecule has 2 rings (SSSR count). The summed E-state index contributed by atoms with van der Waals surface area (Å²) in [6.45, 7) is 1.94. The molecule has 0 aliphatic heterocycles. The van der Waals surface area contributed by atoms with Gasteiger partial charge in [0.2, 0.25) is 5.91 Å². The molecule has 0 unspecified atom stereocenters. The number of hydrogen-bond donors (Lipinski definition) is 3. The first kappa shape index (κ1) is 14.6. The van der Waals surface area contributed by atoms with Gasteiger partial charge in [0.15, 0.2) is 0 Å². The second-order valence-corrected chi connectivity index (χ2v) is 4.58. The minimum absolute atomic E-state index is 0.129. The molecule has 0 aliphatic rings. The van der Waals surface area contributed by atoms with Gasteiger partial charge in [-0.15, -0.1) is 0 Å². The van der Waals surface area contributed by atoms with Crippen LogP contribution in [0.3, 0.4) is 0 Å². The first-order valence-corrected chi connectivity index (χ1v) is 6.49. The zero-order chi connectivity index (χ0) is 15.2. The van der Waals surface area contributed by atoms with Crippen LogP contribution in [0.15, 0.2) is 48.5 Å². The molecule has 1 amide bonds. The van der Waals surface area contributed by atoms with E-state index in [1.165, 1.54) is 6.92 Å². The van der Waals surface area contributed by atoms with Crippen LogP contribution >= 0.6 is 0 Å². The molecular formula is C16H16N2O3. The van der Waals surface area contributed by atoms with Gasteiger partial charge in [-0.1, -0.05) is 24.3 Å². The van der Waals surface area contributed by atoms with Gasteiger partial charge in [0.25, 0.3) is 0 Å². The number of nitrogens with one attached hydrogen (secondary N) is 2. The molecule has 2 aromatic carbocycles. The molecule has 0 bridgehead atoms. The van der Waals surface area contributed by atoms with Crippen LogP contribution in [0.2, 0.25) is 0 Å². The number of carbonyl (C=O) groups excluding carboxylic acids is 1. The summed E-state index contributed by atoms with van der Waals surface area (Å²) in [4.78, 5) is 22.1. The van der Waals surface area contributed by atoms with Crippen molar-refractivity contribution in [2.45, 2.75) is 13.5 Å². The number of hydrogen-bond acceptors (Lipinski definition) is 3. The lowest BCUT2D eigenvalue weighted by molar-refractivity contribution is -0.114. The number of aromatic carboxylic acids is 1. The van der Waals surface area contributed by atoms with E-state index in [2.05, 4.69) is 10.6 Å². The predicted molar refractivity (Wildman–Crippen MR) is 81.5 cm³/mol. The summed E-state index contributed by atoms with van der Waals surface area (Å²) in [5, 5.41) is 14.9. The highest BCUT2D eigenvalue weighted by atomic mass is 16.4. The number of anilines is 2. The van der Waals surface area contributed by atoms with Crippen molar-refractivity contribution >= 4 is 23.3 Å². The van der Waals surface area contributed by atoms with Crippen molar-refractivity contribution in [2.75, 3.05) is 10.6 Å². The molecule has 5 heteroatoms. The number of amides is 1. The molecule has 0 spiro atoms. The molecule has 0 fully saturated rings. The number of benzene rings is 2. The van der Waals surface area contributed by atoms with Gasteiger partial charge in [0, 0.05) is 24.8 Å². The third-order valence-corrected chi connectivity index (χ3v) is 2.92. The minimum Gasteiger partial charge on any atom is -0.478 e. The van der Waals surface area contributed by atoms with Crippen LogP contribution in [-0.2, 0) is 11.3 Å². The fourth-order valence-electron chi connectivity index (χ4n) is 1.95. The lowest BCUT2D eigenvalue weighted by atomic mass is 10.1. The van der Waals surface area contributed by atoms with E-state index in [-0.39, 0.29) is 11.5 Å². The third-order valence-electron chi connectivity index (χ3n) is 2.92. The highest BCUT2D eigenvalue weighted by Gasteiger charge is 2.05. The summed E-state index contributed by atoms with van der Waals surface area (Å²) in [5.41, 5.74) is 2.61. The van der Waals surface area contributed by atoms with Gasteiger partial charge in [0.05, 0.1) is 5.56 Å². The zero-order valence-corrected chi connectivity index (χ0v) is 11.6. The SMILES string of the molecule is CC(=O)Nc1ccccc1CNc1cccc(C(=O)O)c1. The van der Waals surface area contributed by atoms with Crippen LogP contribution in [0.4, 0.5) is 11.4 Å². The van der Waals surface area contributed by atoms with Crippen molar-refractivity contribution in [3.63, 3.8) is 0 Å². The van der Waals surface area contributed by atoms with Crippen molar-refractivity contribution in [1.82, 2.24) is 0 Å². The molecule has 0 atom stereocenters. The van der Waals surface area contributed by atoms with Gasteiger partial charge in [-0.2, -0.15) is 0 Å². The topological polar surface area (TPSA) is 78.4 Å². The molecule has 0 aromatic heterocycles. The Morgan fingerprint density at radius 3 is 2.57 bits per heavy atom. The minimum atomic E-state index is -0.961. The summed E-state index contributed by atoms with van der Waals surface area (Å²) in [6.07, 6.45) is 0. The van der Waals surface area contributed by atoms with Crippen molar-refractivity contribution in [3.05, 3.63) is 59.7 Å². The number of rotatable bonds is 5. The van der Waals surface area contributed by atoms with Gasteiger partial charge in [-0.25, -0.2) is 4.79 Å². The smallest absolute Gasteiger partial charge is 0.335 e. The lowest BCUT2D eigenvalue weighted by Crippen LogP contribution is -2.10. The second kappa shape index (κ2) is 6.56. The molecule has 0 radical (unpaired) electrons. The highest BCUT2D eigenvalue weighted by Crippen LogP contribution is 2.18. The van der Waals surface area contributed by atoms with Crippen LogP contribution in [0.25, 0.3) is 0 Å². The lowest BCUT2D eigenvalue weighted by Gasteiger charge is -2.12. The summed E-state index contributed by atoms with van der Waals surface area (Å²) in [7, 11) is 0. The molecule has 0 heterocycles. The summed E-state index contributed by atoms with van der Waals surface area (Å²) < 4.78 is 0. The average Bonchev–Trinajstić information content (AvgIpc) is 2.46. The van der Waals surface area contributed by atoms with E-state index in [0.29, 0.717) is 12.2 Å². The Hall–Kier alpha value is -2.82. The number of para-hydroxylation sites is 1. The molecule has 0 aliphatic carbocycles. The fraction of sp³-hybridized carbons (Fsp3) is 0.125. The second-order valence-electron chi connectivity index (χ2n) is 4.58. The quantitative estimate of drug-likeness (QED) is 0.788. The summed E-state index contributed by atoms with van der Waals surface area (Å²) >= 11 is 0. The van der Waals surface area contributed by atoms with E-state index in [9.17, 15) is 9.59 Å². The van der Waals surface area contributed by atoms with Crippen LogP contribution in [0.5, 0.6) is 0 Å². The van der Waals surface area contributed by atoms with Crippen molar-refractivity contribution in [2.24, 2.45) is 0 Å². The molecular weight excluding hydrogens is 268 g/mol. The number of carboxylic acids is 1. The third kappa shape index (κ3) is 4.07. The molecule has 5 nitrogen and oxygen atoms in total. The monoisotopic (exact) mass is 284 g/mol.